The van der Waals surface area contributed by atoms with Crippen molar-refractivity contribution in [2.75, 3.05) is 6.61 Å². The summed E-state index contributed by atoms with van der Waals surface area (Å²) in [6.07, 6.45) is 1.32. The predicted molar refractivity (Wildman–Crippen MR) is 112 cm³/mol. The minimum absolute atomic E-state index is 0.0690. The van der Waals surface area contributed by atoms with Crippen LogP contribution in [0, 0.1) is 0 Å². The molecule has 2 aromatic heterocycles. The van der Waals surface area contributed by atoms with Gasteiger partial charge in [0.1, 0.15) is 11.9 Å². The fraction of sp³-hybridized carbons (Fsp3) is 0.263. The third-order valence-corrected chi connectivity index (χ3v) is 5.30. The number of nitrogens with zero attached hydrogens (tertiary/aromatic N) is 4. The molecule has 0 N–H and O–H groups in total. The third-order valence-electron chi connectivity index (χ3n) is 4.27. The van der Waals surface area contributed by atoms with Gasteiger partial charge >= 0.3 is 5.97 Å². The maximum atomic E-state index is 12.9. The Labute approximate surface area is 181 Å². The summed E-state index contributed by atoms with van der Waals surface area (Å²) < 4.78 is 8.40. The molecule has 0 bridgehead atoms. The van der Waals surface area contributed by atoms with Gasteiger partial charge in [0, 0.05) is 23.9 Å². The van der Waals surface area contributed by atoms with E-state index in [4.69, 9.17) is 39.5 Å². The average molecular weight is 456 g/mol. The molecule has 2 heterocycles. The standard InChI is InChI=1S/C19H17Cl3N4O3/c1-3-25-12(9-26-19(22)23-10-24-26)8-15(27)16(18(28)29-4-2)17(25)11-5-6-13(20)14(21)7-11/h5-8,10H,3-4,9H2,1-2H3. The maximum Gasteiger partial charge on any atom is 0.344 e. The number of esters is 1. The van der Waals surface area contributed by atoms with E-state index in [-0.39, 0.29) is 24.0 Å². The summed E-state index contributed by atoms with van der Waals surface area (Å²) in [6, 6.07) is 6.30. The SMILES string of the molecule is CCOC(=O)c1c(-c2ccc(Cl)c(Cl)c2)n(CC)c(Cn2ncnc2Cl)cc1=O. The molecule has 0 aliphatic rings. The summed E-state index contributed by atoms with van der Waals surface area (Å²) >= 11 is 18.3. The Bertz CT molecular complexity index is 1120. The first-order chi connectivity index (χ1) is 13.9. The summed E-state index contributed by atoms with van der Waals surface area (Å²) in [5.74, 6) is -0.703. The van der Waals surface area contributed by atoms with Crippen molar-refractivity contribution >= 4 is 40.8 Å². The first kappa shape index (κ1) is 21.4. The Kier molecular flexibility index (Phi) is 6.62. The van der Waals surface area contributed by atoms with Crippen LogP contribution in [0.25, 0.3) is 11.3 Å². The minimum Gasteiger partial charge on any atom is -0.462 e. The Morgan fingerprint density at radius 1 is 1.14 bits per heavy atom. The smallest absolute Gasteiger partial charge is 0.344 e. The van der Waals surface area contributed by atoms with Crippen LogP contribution in [0.4, 0.5) is 0 Å². The molecule has 7 nitrogen and oxygen atoms in total. The quantitative estimate of drug-likeness (QED) is 0.517. The van der Waals surface area contributed by atoms with E-state index < -0.39 is 11.4 Å². The van der Waals surface area contributed by atoms with Crippen molar-refractivity contribution in [3.05, 3.63) is 67.4 Å². The lowest BCUT2D eigenvalue weighted by Crippen LogP contribution is -2.26. The van der Waals surface area contributed by atoms with Gasteiger partial charge in [-0.2, -0.15) is 5.10 Å². The molecule has 0 radical (unpaired) electrons. The molecule has 10 heteroatoms. The molecule has 0 saturated carbocycles. The zero-order chi connectivity index (χ0) is 21.1. The number of halogens is 3. The van der Waals surface area contributed by atoms with Gasteiger partial charge in [0.2, 0.25) is 5.28 Å². The van der Waals surface area contributed by atoms with Gasteiger partial charge in [-0.3, -0.25) is 4.79 Å². The van der Waals surface area contributed by atoms with Crippen molar-refractivity contribution in [3.8, 4) is 11.3 Å². The Balaban J connectivity index is 2.30. The highest BCUT2D eigenvalue weighted by atomic mass is 35.5. The number of carbonyl (C=O) groups excluding carboxylic acids is 1. The van der Waals surface area contributed by atoms with Gasteiger partial charge in [-0.15, -0.1) is 0 Å². The molecule has 3 aromatic rings. The monoisotopic (exact) mass is 454 g/mol. The molecule has 3 rings (SSSR count). The molecule has 1 aromatic carbocycles. The fourth-order valence-electron chi connectivity index (χ4n) is 3.04. The van der Waals surface area contributed by atoms with Crippen LogP contribution in [-0.4, -0.2) is 31.9 Å². The molecular formula is C19H17Cl3N4O3. The second-order valence-electron chi connectivity index (χ2n) is 6.00. The third kappa shape index (κ3) is 4.32. The van der Waals surface area contributed by atoms with Gasteiger partial charge in [0.05, 0.1) is 28.9 Å². The number of pyridine rings is 1. The second kappa shape index (κ2) is 8.98. The van der Waals surface area contributed by atoms with Crippen molar-refractivity contribution < 1.29 is 9.53 Å². The van der Waals surface area contributed by atoms with Crippen LogP contribution in [0.3, 0.4) is 0 Å². The fourth-order valence-corrected chi connectivity index (χ4v) is 3.49. The van der Waals surface area contributed by atoms with Crippen LogP contribution in [0.5, 0.6) is 0 Å². The maximum absolute atomic E-state index is 12.9. The lowest BCUT2D eigenvalue weighted by Gasteiger charge is -2.20. The molecule has 0 atom stereocenters. The number of carbonyl (C=O) groups is 1. The van der Waals surface area contributed by atoms with Crippen molar-refractivity contribution in [1.29, 1.82) is 0 Å². The van der Waals surface area contributed by atoms with Crippen molar-refractivity contribution in [2.45, 2.75) is 26.9 Å². The second-order valence-corrected chi connectivity index (χ2v) is 7.16. The Morgan fingerprint density at radius 3 is 2.48 bits per heavy atom. The lowest BCUT2D eigenvalue weighted by molar-refractivity contribution is 0.0525. The largest absolute Gasteiger partial charge is 0.462 e. The van der Waals surface area contributed by atoms with E-state index in [1.165, 1.54) is 17.1 Å². The van der Waals surface area contributed by atoms with Crippen molar-refractivity contribution in [1.82, 2.24) is 19.3 Å². The molecule has 152 valence electrons. The summed E-state index contributed by atoms with van der Waals surface area (Å²) in [6.45, 7) is 4.37. The van der Waals surface area contributed by atoms with Gasteiger partial charge < -0.3 is 9.30 Å². The molecule has 0 aliphatic heterocycles. The average Bonchev–Trinajstić information content (AvgIpc) is 3.08. The summed E-state index contributed by atoms with van der Waals surface area (Å²) in [5, 5.41) is 4.91. The van der Waals surface area contributed by atoms with E-state index in [1.54, 1.807) is 25.1 Å². The summed E-state index contributed by atoms with van der Waals surface area (Å²) in [7, 11) is 0. The molecule has 0 spiro atoms. The molecular weight excluding hydrogens is 439 g/mol. The van der Waals surface area contributed by atoms with Crippen molar-refractivity contribution in [3.63, 3.8) is 0 Å². The molecule has 0 fully saturated rings. The highest BCUT2D eigenvalue weighted by Crippen LogP contribution is 2.31. The van der Waals surface area contributed by atoms with E-state index in [0.29, 0.717) is 33.5 Å². The van der Waals surface area contributed by atoms with E-state index in [1.807, 2.05) is 11.5 Å². The molecule has 29 heavy (non-hydrogen) atoms. The number of aromatic nitrogens is 4. The van der Waals surface area contributed by atoms with E-state index in [9.17, 15) is 9.59 Å². The summed E-state index contributed by atoms with van der Waals surface area (Å²) in [4.78, 5) is 29.4. The number of hydrogen-bond acceptors (Lipinski definition) is 5. The Morgan fingerprint density at radius 2 is 1.90 bits per heavy atom. The highest BCUT2D eigenvalue weighted by Gasteiger charge is 2.24. The van der Waals surface area contributed by atoms with Gasteiger partial charge in [0.25, 0.3) is 0 Å². The molecule has 0 unspecified atom stereocenters. The van der Waals surface area contributed by atoms with E-state index in [0.717, 1.165) is 0 Å². The van der Waals surface area contributed by atoms with Gasteiger partial charge in [-0.05, 0) is 37.6 Å². The lowest BCUT2D eigenvalue weighted by atomic mass is 10.0. The van der Waals surface area contributed by atoms with Gasteiger partial charge in [0.15, 0.2) is 5.43 Å². The van der Waals surface area contributed by atoms with Crippen LogP contribution in [-0.2, 0) is 17.8 Å². The van der Waals surface area contributed by atoms with Crippen LogP contribution in [0.1, 0.15) is 29.9 Å². The highest BCUT2D eigenvalue weighted by molar-refractivity contribution is 6.42. The zero-order valence-corrected chi connectivity index (χ0v) is 17.9. The van der Waals surface area contributed by atoms with E-state index in [2.05, 4.69) is 10.1 Å². The van der Waals surface area contributed by atoms with Crippen LogP contribution in [0.15, 0.2) is 35.4 Å². The van der Waals surface area contributed by atoms with Crippen LogP contribution >= 0.6 is 34.8 Å². The predicted octanol–water partition coefficient (Wildman–Crippen LogP) is 4.31. The topological polar surface area (TPSA) is 79.0 Å². The van der Waals surface area contributed by atoms with Crippen LogP contribution < -0.4 is 5.43 Å². The molecule has 0 aliphatic carbocycles. The van der Waals surface area contributed by atoms with Gasteiger partial charge in [-0.1, -0.05) is 29.3 Å². The first-order valence-corrected chi connectivity index (χ1v) is 9.93. The van der Waals surface area contributed by atoms with Gasteiger partial charge in [-0.25, -0.2) is 14.5 Å². The normalized spacial score (nSPS) is 10.9. The number of hydrogen-bond donors (Lipinski definition) is 0. The van der Waals surface area contributed by atoms with Crippen LogP contribution in [0.2, 0.25) is 15.3 Å². The zero-order valence-electron chi connectivity index (χ0n) is 15.7. The number of rotatable bonds is 6. The number of benzene rings is 1. The molecule has 0 saturated heterocycles. The Hall–Kier alpha value is -2.35. The van der Waals surface area contributed by atoms with Crippen molar-refractivity contribution in [2.24, 2.45) is 0 Å². The molecule has 0 amide bonds. The van der Waals surface area contributed by atoms with E-state index >= 15 is 0 Å². The summed E-state index contributed by atoms with van der Waals surface area (Å²) in [5.41, 5.74) is 1.01. The minimum atomic E-state index is -0.703. The number of ether oxygens (including phenoxy) is 1. The first-order valence-electron chi connectivity index (χ1n) is 8.79.